The SMILES string of the molecule is CN(Cc1ccc(Cl)s1)c1ccc(C(=O)O)c(Br)c1. The highest BCUT2D eigenvalue weighted by Crippen LogP contribution is 2.27. The van der Waals surface area contributed by atoms with Crippen LogP contribution in [0.1, 0.15) is 15.2 Å². The molecule has 0 aliphatic rings. The van der Waals surface area contributed by atoms with Crippen LogP contribution in [-0.4, -0.2) is 18.1 Å². The van der Waals surface area contributed by atoms with E-state index in [0.29, 0.717) is 4.47 Å². The Morgan fingerprint density at radius 1 is 1.42 bits per heavy atom. The zero-order valence-corrected chi connectivity index (χ0v) is 13.2. The van der Waals surface area contributed by atoms with Crippen molar-refractivity contribution in [2.45, 2.75) is 6.54 Å². The number of carboxylic acids is 1. The number of nitrogens with zero attached hydrogens (tertiary/aromatic N) is 1. The molecule has 0 amide bonds. The number of anilines is 1. The number of aromatic carboxylic acids is 1. The third-order valence-corrected chi connectivity index (χ3v) is 4.52. The molecule has 2 rings (SSSR count). The minimum atomic E-state index is -0.939. The minimum absolute atomic E-state index is 0.260. The molecular formula is C13H11BrClNO2S. The fourth-order valence-corrected chi connectivity index (χ4v) is 3.35. The predicted molar refractivity (Wildman–Crippen MR) is 82.5 cm³/mol. The van der Waals surface area contributed by atoms with Gasteiger partial charge in [-0.05, 0) is 46.3 Å². The van der Waals surface area contributed by atoms with Crippen LogP contribution in [0.2, 0.25) is 4.34 Å². The van der Waals surface area contributed by atoms with Gasteiger partial charge in [-0.3, -0.25) is 0 Å². The Balaban J connectivity index is 2.17. The van der Waals surface area contributed by atoms with Gasteiger partial charge in [-0.1, -0.05) is 11.6 Å². The van der Waals surface area contributed by atoms with Crippen LogP contribution in [0.25, 0.3) is 0 Å². The number of carbonyl (C=O) groups is 1. The summed E-state index contributed by atoms with van der Waals surface area (Å²) in [4.78, 5) is 14.1. The fraction of sp³-hybridized carbons (Fsp3) is 0.154. The first-order chi connectivity index (χ1) is 8.97. The van der Waals surface area contributed by atoms with Crippen molar-refractivity contribution < 1.29 is 9.90 Å². The average Bonchev–Trinajstić information content (AvgIpc) is 2.74. The van der Waals surface area contributed by atoms with E-state index in [4.69, 9.17) is 16.7 Å². The topological polar surface area (TPSA) is 40.5 Å². The largest absolute Gasteiger partial charge is 0.478 e. The average molecular weight is 361 g/mol. The van der Waals surface area contributed by atoms with E-state index in [9.17, 15) is 4.79 Å². The van der Waals surface area contributed by atoms with Crippen molar-refractivity contribution in [3.05, 3.63) is 49.6 Å². The quantitative estimate of drug-likeness (QED) is 0.873. The standard InChI is InChI=1S/C13H11BrClNO2S/c1-16(7-9-3-5-12(15)19-9)8-2-4-10(13(17)18)11(14)6-8/h2-6H,7H2,1H3,(H,17,18). The third kappa shape index (κ3) is 3.49. The highest BCUT2D eigenvalue weighted by Gasteiger charge is 2.11. The first-order valence-corrected chi connectivity index (χ1v) is 7.44. The number of hydrogen-bond acceptors (Lipinski definition) is 3. The number of halogens is 2. The maximum atomic E-state index is 10.9. The molecule has 3 nitrogen and oxygen atoms in total. The molecule has 0 aliphatic heterocycles. The van der Waals surface area contributed by atoms with E-state index >= 15 is 0 Å². The molecule has 0 saturated heterocycles. The lowest BCUT2D eigenvalue weighted by molar-refractivity contribution is 0.0696. The fourth-order valence-electron chi connectivity index (χ4n) is 1.68. The van der Waals surface area contributed by atoms with Crippen molar-refractivity contribution in [1.29, 1.82) is 0 Å². The second-order valence-corrected chi connectivity index (χ2v) is 6.69. The molecule has 0 saturated carbocycles. The summed E-state index contributed by atoms with van der Waals surface area (Å²) in [5.41, 5.74) is 1.21. The van der Waals surface area contributed by atoms with E-state index in [2.05, 4.69) is 15.9 Å². The maximum absolute atomic E-state index is 10.9. The van der Waals surface area contributed by atoms with Crippen LogP contribution >= 0.6 is 38.9 Å². The second kappa shape index (κ2) is 5.94. The van der Waals surface area contributed by atoms with Crippen LogP contribution in [0.5, 0.6) is 0 Å². The summed E-state index contributed by atoms with van der Waals surface area (Å²) in [5, 5.41) is 8.98. The Bertz CT molecular complexity index is 614. The Kier molecular flexibility index (Phi) is 4.50. The third-order valence-electron chi connectivity index (χ3n) is 2.65. The number of benzene rings is 1. The molecule has 0 fully saturated rings. The van der Waals surface area contributed by atoms with Crippen molar-refractivity contribution in [1.82, 2.24) is 0 Å². The highest BCUT2D eigenvalue weighted by atomic mass is 79.9. The van der Waals surface area contributed by atoms with Gasteiger partial charge in [-0.25, -0.2) is 4.79 Å². The van der Waals surface area contributed by atoms with Crippen LogP contribution in [0.4, 0.5) is 5.69 Å². The predicted octanol–water partition coefficient (Wildman–Crippen LogP) is 4.50. The van der Waals surface area contributed by atoms with Gasteiger partial charge in [0.25, 0.3) is 0 Å². The molecule has 0 radical (unpaired) electrons. The molecule has 0 unspecified atom stereocenters. The van der Waals surface area contributed by atoms with Crippen LogP contribution in [0.15, 0.2) is 34.8 Å². The van der Waals surface area contributed by atoms with Gasteiger partial charge < -0.3 is 10.0 Å². The zero-order chi connectivity index (χ0) is 14.0. The van der Waals surface area contributed by atoms with E-state index in [1.54, 1.807) is 29.5 Å². The van der Waals surface area contributed by atoms with Gasteiger partial charge in [0.15, 0.2) is 0 Å². The van der Waals surface area contributed by atoms with E-state index in [-0.39, 0.29) is 5.56 Å². The Hall–Kier alpha value is -1.04. The van der Waals surface area contributed by atoms with E-state index in [1.807, 2.05) is 24.1 Å². The lowest BCUT2D eigenvalue weighted by Crippen LogP contribution is -2.15. The van der Waals surface area contributed by atoms with E-state index < -0.39 is 5.97 Å². The van der Waals surface area contributed by atoms with Crippen molar-refractivity contribution in [3.8, 4) is 0 Å². The van der Waals surface area contributed by atoms with Crippen molar-refractivity contribution in [3.63, 3.8) is 0 Å². The van der Waals surface area contributed by atoms with Gasteiger partial charge in [-0.2, -0.15) is 0 Å². The Morgan fingerprint density at radius 3 is 2.68 bits per heavy atom. The van der Waals surface area contributed by atoms with Gasteiger partial charge in [0, 0.05) is 22.1 Å². The number of thiophene rings is 1. The first kappa shape index (κ1) is 14.4. The molecule has 1 aromatic heterocycles. The van der Waals surface area contributed by atoms with Crippen LogP contribution in [0.3, 0.4) is 0 Å². The monoisotopic (exact) mass is 359 g/mol. The molecule has 1 aromatic carbocycles. The molecular weight excluding hydrogens is 350 g/mol. The molecule has 19 heavy (non-hydrogen) atoms. The highest BCUT2D eigenvalue weighted by molar-refractivity contribution is 9.10. The van der Waals surface area contributed by atoms with Gasteiger partial charge in [0.1, 0.15) is 0 Å². The molecule has 1 heterocycles. The molecule has 0 atom stereocenters. The smallest absolute Gasteiger partial charge is 0.336 e. The number of rotatable bonds is 4. The van der Waals surface area contributed by atoms with Crippen molar-refractivity contribution >= 4 is 50.5 Å². The van der Waals surface area contributed by atoms with Gasteiger partial charge in [0.2, 0.25) is 0 Å². The molecule has 100 valence electrons. The summed E-state index contributed by atoms with van der Waals surface area (Å²) in [6.07, 6.45) is 0. The molecule has 1 N–H and O–H groups in total. The van der Waals surface area contributed by atoms with Crippen molar-refractivity contribution in [2.24, 2.45) is 0 Å². The summed E-state index contributed by atoms with van der Waals surface area (Å²) in [7, 11) is 1.95. The summed E-state index contributed by atoms with van der Waals surface area (Å²) in [6.45, 7) is 0.732. The van der Waals surface area contributed by atoms with Crippen molar-refractivity contribution in [2.75, 3.05) is 11.9 Å². The maximum Gasteiger partial charge on any atom is 0.336 e. The lowest BCUT2D eigenvalue weighted by atomic mass is 10.2. The molecule has 0 bridgehead atoms. The van der Waals surface area contributed by atoms with Crippen LogP contribution in [-0.2, 0) is 6.54 Å². The van der Waals surface area contributed by atoms with E-state index in [1.165, 1.54) is 0 Å². The lowest BCUT2D eigenvalue weighted by Gasteiger charge is -2.19. The normalized spacial score (nSPS) is 10.5. The summed E-state index contributed by atoms with van der Waals surface area (Å²) >= 11 is 10.7. The summed E-state index contributed by atoms with van der Waals surface area (Å²) < 4.78 is 1.35. The minimum Gasteiger partial charge on any atom is -0.478 e. The van der Waals surface area contributed by atoms with Gasteiger partial charge in [-0.15, -0.1) is 11.3 Å². The summed E-state index contributed by atoms with van der Waals surface area (Å²) in [6, 6.07) is 9.06. The zero-order valence-electron chi connectivity index (χ0n) is 10.1. The second-order valence-electron chi connectivity index (χ2n) is 4.03. The van der Waals surface area contributed by atoms with E-state index in [0.717, 1.165) is 21.4 Å². The first-order valence-electron chi connectivity index (χ1n) is 5.45. The van der Waals surface area contributed by atoms with Gasteiger partial charge in [0.05, 0.1) is 16.4 Å². The van der Waals surface area contributed by atoms with Crippen LogP contribution < -0.4 is 4.90 Å². The molecule has 6 heteroatoms. The number of carboxylic acid groups (broad SMARTS) is 1. The number of hydrogen-bond donors (Lipinski definition) is 1. The van der Waals surface area contributed by atoms with Crippen LogP contribution in [0, 0.1) is 0 Å². The molecule has 0 aliphatic carbocycles. The molecule has 0 spiro atoms. The van der Waals surface area contributed by atoms with Gasteiger partial charge >= 0.3 is 5.97 Å². The Labute approximate surface area is 128 Å². The summed E-state index contributed by atoms with van der Waals surface area (Å²) in [5.74, 6) is -0.939. The molecule has 2 aromatic rings. The Morgan fingerprint density at radius 2 is 2.16 bits per heavy atom.